The van der Waals surface area contributed by atoms with Gasteiger partial charge in [0.05, 0.1) is 5.41 Å². The molecule has 0 heterocycles. The molecule has 1 aliphatic carbocycles. The van der Waals surface area contributed by atoms with Gasteiger partial charge in [0.15, 0.2) is 5.78 Å². The Hall–Kier alpha value is -2.13. The first-order valence-corrected chi connectivity index (χ1v) is 7.58. The summed E-state index contributed by atoms with van der Waals surface area (Å²) >= 11 is 6.24. The Labute approximate surface area is 134 Å². The van der Waals surface area contributed by atoms with E-state index in [1.165, 1.54) is 6.92 Å². The summed E-state index contributed by atoms with van der Waals surface area (Å²) in [5.74, 6) is -0.0929. The average molecular weight is 314 g/mol. The molecule has 0 saturated heterocycles. The van der Waals surface area contributed by atoms with E-state index in [1.807, 2.05) is 18.2 Å². The minimum atomic E-state index is -0.537. The van der Waals surface area contributed by atoms with Gasteiger partial charge in [-0.2, -0.15) is 0 Å². The number of amides is 1. The van der Waals surface area contributed by atoms with E-state index < -0.39 is 5.41 Å². The second-order valence-corrected chi connectivity index (χ2v) is 6.06. The molecule has 0 atom stereocenters. The summed E-state index contributed by atoms with van der Waals surface area (Å²) in [7, 11) is 0. The fraction of sp³-hybridized carbons (Fsp3) is 0.222. The van der Waals surface area contributed by atoms with Gasteiger partial charge in [-0.05, 0) is 43.5 Å². The van der Waals surface area contributed by atoms with E-state index in [1.54, 1.807) is 30.3 Å². The zero-order valence-corrected chi connectivity index (χ0v) is 13.0. The van der Waals surface area contributed by atoms with Gasteiger partial charge in [-0.25, -0.2) is 0 Å². The van der Waals surface area contributed by atoms with Crippen molar-refractivity contribution in [2.24, 2.45) is 0 Å². The van der Waals surface area contributed by atoms with Crippen LogP contribution in [0.15, 0.2) is 48.5 Å². The lowest BCUT2D eigenvalue weighted by atomic mass is 9.94. The molecule has 4 heteroatoms. The van der Waals surface area contributed by atoms with Gasteiger partial charge in [-0.1, -0.05) is 41.9 Å². The van der Waals surface area contributed by atoms with Crippen LogP contribution in [0.3, 0.4) is 0 Å². The maximum absolute atomic E-state index is 12.7. The number of hydrogen-bond acceptors (Lipinski definition) is 2. The van der Waals surface area contributed by atoms with Crippen molar-refractivity contribution in [1.29, 1.82) is 0 Å². The highest BCUT2D eigenvalue weighted by atomic mass is 35.5. The van der Waals surface area contributed by atoms with E-state index >= 15 is 0 Å². The van der Waals surface area contributed by atoms with Crippen LogP contribution in [0.2, 0.25) is 5.02 Å². The lowest BCUT2D eigenvalue weighted by Gasteiger charge is -2.17. The van der Waals surface area contributed by atoms with Gasteiger partial charge in [0, 0.05) is 16.3 Å². The molecule has 112 valence electrons. The van der Waals surface area contributed by atoms with E-state index in [4.69, 9.17) is 11.6 Å². The molecule has 3 rings (SSSR count). The molecule has 2 aromatic carbocycles. The highest BCUT2D eigenvalue weighted by molar-refractivity contribution is 6.32. The predicted octanol–water partition coefficient (Wildman–Crippen LogP) is 4.21. The molecule has 0 radical (unpaired) electrons. The van der Waals surface area contributed by atoms with Gasteiger partial charge in [-0.15, -0.1) is 0 Å². The number of benzene rings is 2. The Morgan fingerprint density at radius 1 is 1.09 bits per heavy atom. The largest absolute Gasteiger partial charge is 0.325 e. The summed E-state index contributed by atoms with van der Waals surface area (Å²) in [4.78, 5) is 24.1. The van der Waals surface area contributed by atoms with Crippen LogP contribution in [0.5, 0.6) is 0 Å². The van der Waals surface area contributed by atoms with Crippen molar-refractivity contribution in [3.05, 3.63) is 64.7 Å². The second-order valence-electron chi connectivity index (χ2n) is 5.65. The number of hydrogen-bond donors (Lipinski definition) is 1. The number of carbonyl (C=O) groups excluding carboxylic acids is 2. The van der Waals surface area contributed by atoms with E-state index in [0.29, 0.717) is 16.3 Å². The lowest BCUT2D eigenvalue weighted by molar-refractivity contribution is -0.118. The van der Waals surface area contributed by atoms with Crippen LogP contribution in [0.4, 0.5) is 5.69 Å². The zero-order chi connectivity index (χ0) is 15.7. The van der Waals surface area contributed by atoms with Crippen molar-refractivity contribution >= 4 is 29.0 Å². The Kier molecular flexibility index (Phi) is 3.75. The highest BCUT2D eigenvalue weighted by Gasteiger charge is 2.52. The van der Waals surface area contributed by atoms with Crippen molar-refractivity contribution in [1.82, 2.24) is 0 Å². The van der Waals surface area contributed by atoms with Crippen molar-refractivity contribution in [2.75, 3.05) is 5.32 Å². The maximum atomic E-state index is 12.7. The zero-order valence-electron chi connectivity index (χ0n) is 12.2. The third-order valence-electron chi connectivity index (χ3n) is 4.10. The Morgan fingerprint density at radius 2 is 1.82 bits per heavy atom. The van der Waals surface area contributed by atoms with E-state index in [0.717, 1.165) is 18.4 Å². The molecule has 22 heavy (non-hydrogen) atoms. The summed E-state index contributed by atoms with van der Waals surface area (Å²) in [5, 5.41) is 3.53. The summed E-state index contributed by atoms with van der Waals surface area (Å²) in [6.45, 7) is 1.51. The number of rotatable bonds is 4. The van der Waals surface area contributed by atoms with Crippen LogP contribution in [-0.4, -0.2) is 11.7 Å². The average Bonchev–Trinajstić information content (AvgIpc) is 3.29. The predicted molar refractivity (Wildman–Crippen MR) is 87.4 cm³/mol. The second kappa shape index (κ2) is 5.58. The Balaban J connectivity index is 1.85. The molecule has 2 aromatic rings. The standard InChI is InChI=1S/C18H16ClNO2/c1-12(21)13-5-4-6-14(11-13)20-17(22)18(9-10-18)15-7-2-3-8-16(15)19/h2-8,11H,9-10H2,1H3,(H,20,22). The number of Topliss-reactive ketones (excluding diaryl/α,β-unsaturated/α-hetero) is 1. The van der Waals surface area contributed by atoms with Gasteiger partial charge in [-0.3, -0.25) is 9.59 Å². The highest BCUT2D eigenvalue weighted by Crippen LogP contribution is 2.51. The van der Waals surface area contributed by atoms with Crippen molar-refractivity contribution in [3.8, 4) is 0 Å². The van der Waals surface area contributed by atoms with E-state index in [2.05, 4.69) is 5.32 Å². The Morgan fingerprint density at radius 3 is 2.45 bits per heavy atom. The van der Waals surface area contributed by atoms with Gasteiger partial charge in [0.1, 0.15) is 0 Å². The molecule has 0 bridgehead atoms. The maximum Gasteiger partial charge on any atom is 0.235 e. The van der Waals surface area contributed by atoms with Crippen molar-refractivity contribution in [3.63, 3.8) is 0 Å². The van der Waals surface area contributed by atoms with E-state index in [9.17, 15) is 9.59 Å². The topological polar surface area (TPSA) is 46.2 Å². The molecular formula is C18H16ClNO2. The van der Waals surface area contributed by atoms with Gasteiger partial charge in [0.25, 0.3) is 0 Å². The van der Waals surface area contributed by atoms with Crippen LogP contribution in [0.1, 0.15) is 35.7 Å². The molecule has 0 aromatic heterocycles. The molecule has 1 N–H and O–H groups in total. The molecule has 1 fully saturated rings. The first kappa shape index (κ1) is 14.8. The Bertz CT molecular complexity index is 750. The molecular weight excluding hydrogens is 298 g/mol. The van der Waals surface area contributed by atoms with Crippen LogP contribution in [0, 0.1) is 0 Å². The molecule has 1 amide bonds. The summed E-state index contributed by atoms with van der Waals surface area (Å²) in [6, 6.07) is 14.4. The van der Waals surface area contributed by atoms with Gasteiger partial charge >= 0.3 is 0 Å². The third kappa shape index (κ3) is 2.64. The minimum Gasteiger partial charge on any atom is -0.325 e. The molecule has 0 aliphatic heterocycles. The number of anilines is 1. The lowest BCUT2D eigenvalue weighted by Crippen LogP contribution is -2.28. The van der Waals surface area contributed by atoms with Crippen LogP contribution >= 0.6 is 11.6 Å². The number of nitrogens with one attached hydrogen (secondary N) is 1. The third-order valence-corrected chi connectivity index (χ3v) is 4.43. The smallest absolute Gasteiger partial charge is 0.235 e. The van der Waals surface area contributed by atoms with Gasteiger partial charge < -0.3 is 5.32 Å². The minimum absolute atomic E-state index is 0.0247. The molecule has 0 unspecified atom stereocenters. The summed E-state index contributed by atoms with van der Waals surface area (Å²) < 4.78 is 0. The summed E-state index contributed by atoms with van der Waals surface area (Å²) in [5.41, 5.74) is 1.55. The van der Waals surface area contributed by atoms with E-state index in [-0.39, 0.29) is 11.7 Å². The first-order valence-electron chi connectivity index (χ1n) is 7.20. The fourth-order valence-corrected chi connectivity index (χ4v) is 2.98. The SMILES string of the molecule is CC(=O)c1cccc(NC(=O)C2(c3ccccc3Cl)CC2)c1. The fourth-order valence-electron chi connectivity index (χ4n) is 2.66. The normalized spacial score (nSPS) is 15.2. The number of ketones is 1. The first-order chi connectivity index (χ1) is 10.5. The number of carbonyl (C=O) groups is 2. The van der Waals surface area contributed by atoms with Crippen LogP contribution in [0.25, 0.3) is 0 Å². The molecule has 1 aliphatic rings. The monoisotopic (exact) mass is 313 g/mol. The van der Waals surface area contributed by atoms with Crippen LogP contribution < -0.4 is 5.32 Å². The van der Waals surface area contributed by atoms with Crippen molar-refractivity contribution < 1.29 is 9.59 Å². The summed E-state index contributed by atoms with van der Waals surface area (Å²) in [6.07, 6.45) is 1.57. The van der Waals surface area contributed by atoms with Crippen LogP contribution in [-0.2, 0) is 10.2 Å². The quantitative estimate of drug-likeness (QED) is 0.859. The molecule has 1 saturated carbocycles. The number of halogens is 1. The molecule has 0 spiro atoms. The van der Waals surface area contributed by atoms with Gasteiger partial charge in [0.2, 0.25) is 5.91 Å². The van der Waals surface area contributed by atoms with Crippen molar-refractivity contribution in [2.45, 2.75) is 25.2 Å². The molecule has 3 nitrogen and oxygen atoms in total.